The van der Waals surface area contributed by atoms with E-state index < -0.39 is 0 Å². The van der Waals surface area contributed by atoms with Crippen LogP contribution in [0.4, 0.5) is 5.69 Å². The highest BCUT2D eigenvalue weighted by Gasteiger charge is 2.14. The first kappa shape index (κ1) is 14.1. The van der Waals surface area contributed by atoms with Crippen molar-refractivity contribution in [2.45, 2.75) is 12.8 Å². The van der Waals surface area contributed by atoms with E-state index in [1.165, 1.54) is 0 Å². The van der Waals surface area contributed by atoms with Gasteiger partial charge >= 0.3 is 0 Å². The minimum atomic E-state index is 0.400. The van der Waals surface area contributed by atoms with Crippen molar-refractivity contribution < 1.29 is 9.47 Å². The number of thiocarbonyl (C=S) groups is 1. The van der Waals surface area contributed by atoms with Gasteiger partial charge in [-0.2, -0.15) is 0 Å². The van der Waals surface area contributed by atoms with Crippen LogP contribution in [0, 0.1) is 5.92 Å². The summed E-state index contributed by atoms with van der Waals surface area (Å²) in [6.07, 6.45) is 2.19. The van der Waals surface area contributed by atoms with E-state index in [2.05, 4.69) is 5.32 Å². The Hall–Kier alpha value is -1.33. The lowest BCUT2D eigenvalue weighted by atomic mass is 10.00. The summed E-state index contributed by atoms with van der Waals surface area (Å²) in [7, 11) is 1.65. The standard InChI is InChI=1S/C14H20N2O2S/c1-17-11-2-3-12(14(15)19)13(8-11)16-9-10-4-6-18-7-5-10/h2-3,8,10,16H,4-7,9H2,1H3,(H2,15,19). The maximum Gasteiger partial charge on any atom is 0.120 e. The summed E-state index contributed by atoms with van der Waals surface area (Å²) in [5.41, 5.74) is 7.55. The first-order chi connectivity index (χ1) is 9.20. The van der Waals surface area contributed by atoms with Gasteiger partial charge < -0.3 is 20.5 Å². The summed E-state index contributed by atoms with van der Waals surface area (Å²) in [4.78, 5) is 0.400. The van der Waals surface area contributed by atoms with Crippen molar-refractivity contribution in [1.29, 1.82) is 0 Å². The largest absolute Gasteiger partial charge is 0.497 e. The Balaban J connectivity index is 2.06. The van der Waals surface area contributed by atoms with Crippen LogP contribution < -0.4 is 15.8 Å². The second kappa shape index (κ2) is 6.73. The molecule has 0 saturated carbocycles. The van der Waals surface area contributed by atoms with Crippen molar-refractivity contribution >= 4 is 22.9 Å². The first-order valence-corrected chi connectivity index (χ1v) is 6.91. The average molecular weight is 280 g/mol. The van der Waals surface area contributed by atoms with Crippen molar-refractivity contribution in [3.8, 4) is 5.75 Å². The fraction of sp³-hybridized carbons (Fsp3) is 0.500. The number of benzene rings is 1. The molecule has 1 heterocycles. The Morgan fingerprint density at radius 2 is 2.21 bits per heavy atom. The number of methoxy groups -OCH3 is 1. The summed E-state index contributed by atoms with van der Waals surface area (Å²) in [6, 6.07) is 5.70. The molecule has 1 saturated heterocycles. The monoisotopic (exact) mass is 280 g/mol. The highest BCUT2D eigenvalue weighted by molar-refractivity contribution is 7.80. The van der Waals surface area contributed by atoms with Crippen molar-refractivity contribution in [2.75, 3.05) is 32.2 Å². The molecule has 0 radical (unpaired) electrons. The summed E-state index contributed by atoms with van der Waals surface area (Å²) < 4.78 is 10.6. The molecule has 1 aromatic carbocycles. The molecule has 0 atom stereocenters. The van der Waals surface area contributed by atoms with E-state index in [0.29, 0.717) is 10.9 Å². The SMILES string of the molecule is COc1ccc(C(N)=S)c(NCC2CCOCC2)c1. The quantitative estimate of drug-likeness (QED) is 0.810. The van der Waals surface area contributed by atoms with E-state index in [1.807, 2.05) is 18.2 Å². The fourth-order valence-corrected chi connectivity index (χ4v) is 2.39. The normalized spacial score (nSPS) is 16.1. The Morgan fingerprint density at radius 3 is 2.84 bits per heavy atom. The zero-order chi connectivity index (χ0) is 13.7. The van der Waals surface area contributed by atoms with Crippen molar-refractivity contribution in [1.82, 2.24) is 0 Å². The van der Waals surface area contributed by atoms with E-state index in [0.717, 1.165) is 49.6 Å². The smallest absolute Gasteiger partial charge is 0.120 e. The number of rotatable bonds is 5. The van der Waals surface area contributed by atoms with Gasteiger partial charge in [-0.15, -0.1) is 0 Å². The number of ether oxygens (including phenoxy) is 2. The lowest BCUT2D eigenvalue weighted by molar-refractivity contribution is 0.0699. The number of nitrogens with two attached hydrogens (primary N) is 1. The van der Waals surface area contributed by atoms with E-state index in [-0.39, 0.29) is 0 Å². The minimum Gasteiger partial charge on any atom is -0.497 e. The van der Waals surface area contributed by atoms with Crippen LogP contribution in [-0.2, 0) is 4.74 Å². The third-order valence-corrected chi connectivity index (χ3v) is 3.63. The summed E-state index contributed by atoms with van der Waals surface area (Å²) in [5.74, 6) is 1.44. The van der Waals surface area contributed by atoms with Crippen molar-refractivity contribution in [3.05, 3.63) is 23.8 Å². The molecule has 0 aliphatic carbocycles. The predicted octanol–water partition coefficient (Wildman–Crippen LogP) is 2.17. The van der Waals surface area contributed by atoms with Crippen LogP contribution in [0.15, 0.2) is 18.2 Å². The molecule has 104 valence electrons. The molecule has 1 aliphatic heterocycles. The topological polar surface area (TPSA) is 56.5 Å². The van der Waals surface area contributed by atoms with Gasteiger partial charge in [-0.05, 0) is 30.9 Å². The van der Waals surface area contributed by atoms with Crippen molar-refractivity contribution in [3.63, 3.8) is 0 Å². The maximum absolute atomic E-state index is 5.75. The maximum atomic E-state index is 5.75. The molecule has 1 fully saturated rings. The second-order valence-electron chi connectivity index (χ2n) is 4.71. The second-order valence-corrected chi connectivity index (χ2v) is 5.15. The van der Waals surface area contributed by atoms with Crippen molar-refractivity contribution in [2.24, 2.45) is 11.7 Å². The van der Waals surface area contributed by atoms with Gasteiger partial charge in [-0.1, -0.05) is 12.2 Å². The third kappa shape index (κ3) is 3.81. The molecule has 0 unspecified atom stereocenters. The Kier molecular flexibility index (Phi) is 4.99. The molecule has 0 aromatic heterocycles. The molecule has 5 heteroatoms. The first-order valence-electron chi connectivity index (χ1n) is 6.50. The average Bonchev–Trinajstić information content (AvgIpc) is 2.45. The van der Waals surface area contributed by atoms with E-state index >= 15 is 0 Å². The molecule has 2 rings (SSSR count). The molecule has 0 bridgehead atoms. The lowest BCUT2D eigenvalue weighted by Crippen LogP contribution is -2.23. The van der Waals surface area contributed by atoms with Gasteiger partial charge in [0.25, 0.3) is 0 Å². The minimum absolute atomic E-state index is 0.400. The zero-order valence-electron chi connectivity index (χ0n) is 11.1. The van der Waals surface area contributed by atoms with Gasteiger partial charge in [0.2, 0.25) is 0 Å². The predicted molar refractivity (Wildman–Crippen MR) is 80.9 cm³/mol. The molecule has 1 aliphatic rings. The van der Waals surface area contributed by atoms with Crippen LogP contribution in [-0.4, -0.2) is 31.9 Å². The van der Waals surface area contributed by atoms with Crippen LogP contribution in [0.25, 0.3) is 0 Å². The van der Waals surface area contributed by atoms with Gasteiger partial charge in [0.15, 0.2) is 0 Å². The summed E-state index contributed by atoms with van der Waals surface area (Å²) in [6.45, 7) is 2.62. The summed E-state index contributed by atoms with van der Waals surface area (Å²) in [5, 5.41) is 3.44. The van der Waals surface area contributed by atoms with Gasteiger partial charge in [-0.25, -0.2) is 0 Å². The van der Waals surface area contributed by atoms with E-state index in [4.69, 9.17) is 27.4 Å². The Morgan fingerprint density at radius 1 is 1.47 bits per heavy atom. The number of anilines is 1. The highest BCUT2D eigenvalue weighted by Crippen LogP contribution is 2.24. The fourth-order valence-electron chi connectivity index (χ4n) is 2.22. The highest BCUT2D eigenvalue weighted by atomic mass is 32.1. The van der Waals surface area contributed by atoms with Crippen LogP contribution in [0.2, 0.25) is 0 Å². The lowest BCUT2D eigenvalue weighted by Gasteiger charge is -2.23. The molecule has 0 spiro atoms. The van der Waals surface area contributed by atoms with Gasteiger partial charge in [0.1, 0.15) is 10.7 Å². The summed E-state index contributed by atoms with van der Waals surface area (Å²) >= 11 is 5.08. The Bertz CT molecular complexity index is 445. The molecule has 0 amide bonds. The van der Waals surface area contributed by atoms with Gasteiger partial charge in [-0.3, -0.25) is 0 Å². The third-order valence-electron chi connectivity index (χ3n) is 3.41. The zero-order valence-corrected chi connectivity index (χ0v) is 12.0. The van der Waals surface area contributed by atoms with Crippen LogP contribution in [0.5, 0.6) is 5.75 Å². The number of hydrogen-bond acceptors (Lipinski definition) is 4. The van der Waals surface area contributed by atoms with Gasteiger partial charge in [0, 0.05) is 37.1 Å². The molecule has 4 nitrogen and oxygen atoms in total. The van der Waals surface area contributed by atoms with Crippen LogP contribution in [0.1, 0.15) is 18.4 Å². The Labute approximate surface area is 119 Å². The number of nitrogens with one attached hydrogen (secondary N) is 1. The molecular weight excluding hydrogens is 260 g/mol. The van der Waals surface area contributed by atoms with Crippen LogP contribution >= 0.6 is 12.2 Å². The van der Waals surface area contributed by atoms with E-state index in [9.17, 15) is 0 Å². The van der Waals surface area contributed by atoms with Gasteiger partial charge in [0.05, 0.1) is 7.11 Å². The molecule has 19 heavy (non-hydrogen) atoms. The van der Waals surface area contributed by atoms with E-state index in [1.54, 1.807) is 7.11 Å². The molecule has 3 N–H and O–H groups in total. The number of hydrogen-bond donors (Lipinski definition) is 2. The van der Waals surface area contributed by atoms with Crippen LogP contribution in [0.3, 0.4) is 0 Å². The molecule has 1 aromatic rings. The molecular formula is C14H20N2O2S.